The molecule has 1 unspecified atom stereocenters. The van der Waals surface area contributed by atoms with Crippen LogP contribution in [0.5, 0.6) is 0 Å². The molecule has 224 valence electrons. The Bertz CT molecular complexity index is 1650. The monoisotopic (exact) mass is 637 g/mol. The van der Waals surface area contributed by atoms with Gasteiger partial charge in [-0.2, -0.15) is 0 Å². The molecule has 0 aliphatic carbocycles. The Hall–Kier alpha value is -3.85. The molecule has 0 radical (unpaired) electrons. The van der Waals surface area contributed by atoms with Crippen LogP contribution in [0.1, 0.15) is 23.6 Å². The molecule has 0 aliphatic rings. The molecule has 10 heteroatoms. The molecular formula is C33H33Cl2N3O4S. The van der Waals surface area contributed by atoms with Crippen LogP contribution in [-0.4, -0.2) is 44.3 Å². The van der Waals surface area contributed by atoms with Gasteiger partial charge in [-0.3, -0.25) is 13.9 Å². The van der Waals surface area contributed by atoms with Crippen molar-refractivity contribution in [1.82, 2.24) is 10.2 Å². The lowest BCUT2D eigenvalue weighted by Crippen LogP contribution is -2.53. The van der Waals surface area contributed by atoms with Crippen molar-refractivity contribution >= 4 is 50.7 Å². The zero-order valence-electron chi connectivity index (χ0n) is 23.9. The van der Waals surface area contributed by atoms with Crippen LogP contribution in [-0.2, 0) is 32.6 Å². The molecule has 0 bridgehead atoms. The largest absolute Gasteiger partial charge is 0.355 e. The third-order valence-electron chi connectivity index (χ3n) is 6.93. The highest BCUT2D eigenvalue weighted by Crippen LogP contribution is 2.29. The number of benzene rings is 4. The number of anilines is 1. The summed E-state index contributed by atoms with van der Waals surface area (Å²) in [5.41, 5.74) is 2.48. The molecule has 4 aromatic rings. The van der Waals surface area contributed by atoms with Gasteiger partial charge in [-0.15, -0.1) is 0 Å². The number of carbonyl (C=O) groups excluding carboxylic acids is 2. The Morgan fingerprint density at radius 1 is 0.814 bits per heavy atom. The first-order chi connectivity index (χ1) is 20.6. The van der Waals surface area contributed by atoms with Crippen molar-refractivity contribution in [2.75, 3.05) is 17.4 Å². The Balaban J connectivity index is 1.81. The molecule has 1 atom stereocenters. The van der Waals surface area contributed by atoms with Crippen molar-refractivity contribution in [3.63, 3.8) is 0 Å². The summed E-state index contributed by atoms with van der Waals surface area (Å²) in [4.78, 5) is 29.4. The van der Waals surface area contributed by atoms with E-state index in [1.165, 1.54) is 17.0 Å². The standard InChI is InChI=1S/C33H33Cl2N3O4S/c1-3-36-33(40)31(21-25-10-6-4-7-11-25)37(22-26-14-16-27(34)17-15-26)32(39)23-38(30-19-18-28(35)20-24(30)2)43(41,42)29-12-8-5-9-13-29/h4-20,31H,3,21-23H2,1-2H3,(H,36,40). The molecule has 2 amide bonds. The number of carbonyl (C=O) groups is 2. The fraction of sp³-hybridized carbons (Fsp3) is 0.212. The number of hydrogen-bond acceptors (Lipinski definition) is 4. The summed E-state index contributed by atoms with van der Waals surface area (Å²) >= 11 is 12.3. The summed E-state index contributed by atoms with van der Waals surface area (Å²) in [7, 11) is -4.19. The van der Waals surface area contributed by atoms with Crippen molar-refractivity contribution in [3.05, 3.63) is 130 Å². The van der Waals surface area contributed by atoms with Crippen LogP contribution in [0.15, 0.2) is 108 Å². The highest BCUT2D eigenvalue weighted by molar-refractivity contribution is 7.92. The van der Waals surface area contributed by atoms with Gasteiger partial charge in [-0.05, 0) is 73.0 Å². The number of amides is 2. The van der Waals surface area contributed by atoms with Crippen molar-refractivity contribution < 1.29 is 18.0 Å². The van der Waals surface area contributed by atoms with E-state index in [0.29, 0.717) is 27.8 Å². The molecular weight excluding hydrogens is 605 g/mol. The normalized spacial score (nSPS) is 11.9. The van der Waals surface area contributed by atoms with Crippen LogP contribution >= 0.6 is 23.2 Å². The van der Waals surface area contributed by atoms with Gasteiger partial charge in [0.1, 0.15) is 12.6 Å². The molecule has 0 aromatic heterocycles. The average molecular weight is 639 g/mol. The Morgan fingerprint density at radius 3 is 2.02 bits per heavy atom. The number of rotatable bonds is 12. The zero-order chi connectivity index (χ0) is 31.0. The van der Waals surface area contributed by atoms with E-state index in [1.54, 1.807) is 74.5 Å². The topological polar surface area (TPSA) is 86.8 Å². The van der Waals surface area contributed by atoms with E-state index in [2.05, 4.69) is 5.32 Å². The molecule has 43 heavy (non-hydrogen) atoms. The van der Waals surface area contributed by atoms with E-state index in [-0.39, 0.29) is 23.8 Å². The minimum atomic E-state index is -4.19. The highest BCUT2D eigenvalue weighted by Gasteiger charge is 2.35. The summed E-state index contributed by atoms with van der Waals surface area (Å²) in [6.07, 6.45) is 0.234. The van der Waals surface area contributed by atoms with Gasteiger partial charge in [-0.1, -0.05) is 83.9 Å². The van der Waals surface area contributed by atoms with Gasteiger partial charge in [0.05, 0.1) is 10.6 Å². The molecule has 0 saturated carbocycles. The first-order valence-corrected chi connectivity index (χ1v) is 16.0. The maximum atomic E-state index is 14.4. The summed E-state index contributed by atoms with van der Waals surface area (Å²) in [6, 6.07) is 28.2. The summed E-state index contributed by atoms with van der Waals surface area (Å²) < 4.78 is 29.2. The summed E-state index contributed by atoms with van der Waals surface area (Å²) in [5, 5.41) is 3.82. The van der Waals surface area contributed by atoms with Gasteiger partial charge in [0.2, 0.25) is 11.8 Å². The quantitative estimate of drug-likeness (QED) is 0.198. The van der Waals surface area contributed by atoms with E-state index >= 15 is 0 Å². The minimum Gasteiger partial charge on any atom is -0.355 e. The number of nitrogens with zero attached hydrogens (tertiary/aromatic N) is 2. The van der Waals surface area contributed by atoms with Crippen LogP contribution in [0.4, 0.5) is 5.69 Å². The number of halogens is 2. The molecule has 0 fully saturated rings. The predicted octanol–water partition coefficient (Wildman–Crippen LogP) is 6.27. The highest BCUT2D eigenvalue weighted by atomic mass is 35.5. The number of nitrogens with one attached hydrogen (secondary N) is 1. The van der Waals surface area contributed by atoms with Gasteiger partial charge in [0, 0.05) is 29.6 Å². The summed E-state index contributed by atoms with van der Waals surface area (Å²) in [6.45, 7) is 3.42. The van der Waals surface area contributed by atoms with Crippen molar-refractivity contribution in [3.8, 4) is 0 Å². The predicted molar refractivity (Wildman–Crippen MR) is 172 cm³/mol. The maximum absolute atomic E-state index is 14.4. The van der Waals surface area contributed by atoms with E-state index in [0.717, 1.165) is 15.4 Å². The maximum Gasteiger partial charge on any atom is 0.264 e. The van der Waals surface area contributed by atoms with E-state index in [1.807, 2.05) is 30.3 Å². The summed E-state index contributed by atoms with van der Waals surface area (Å²) in [5.74, 6) is -0.884. The third-order valence-corrected chi connectivity index (χ3v) is 9.19. The SMILES string of the molecule is CCNC(=O)C(Cc1ccccc1)N(Cc1ccc(Cl)cc1)C(=O)CN(c1ccc(Cl)cc1C)S(=O)(=O)c1ccccc1. The second-order valence-electron chi connectivity index (χ2n) is 10.0. The molecule has 4 rings (SSSR count). The van der Waals surface area contributed by atoms with Gasteiger partial charge in [-0.25, -0.2) is 8.42 Å². The molecule has 4 aromatic carbocycles. The van der Waals surface area contributed by atoms with Crippen molar-refractivity contribution in [1.29, 1.82) is 0 Å². The Labute approximate surface area is 263 Å². The number of sulfonamides is 1. The van der Waals surface area contributed by atoms with Crippen molar-refractivity contribution in [2.45, 2.75) is 37.8 Å². The first kappa shape index (κ1) is 32.1. The van der Waals surface area contributed by atoms with E-state index in [9.17, 15) is 18.0 Å². The zero-order valence-corrected chi connectivity index (χ0v) is 26.2. The average Bonchev–Trinajstić information content (AvgIpc) is 3.00. The van der Waals surface area contributed by atoms with E-state index in [4.69, 9.17) is 23.2 Å². The van der Waals surface area contributed by atoms with E-state index < -0.39 is 28.5 Å². The lowest BCUT2D eigenvalue weighted by atomic mass is 10.0. The lowest BCUT2D eigenvalue weighted by molar-refractivity contribution is -0.140. The molecule has 0 spiro atoms. The van der Waals surface area contributed by atoms with Gasteiger partial charge in [0.15, 0.2) is 0 Å². The Kier molecular flexibility index (Phi) is 10.9. The number of hydrogen-bond donors (Lipinski definition) is 1. The van der Waals surface area contributed by atoms with Crippen LogP contribution in [0, 0.1) is 6.92 Å². The Morgan fingerprint density at radius 2 is 1.42 bits per heavy atom. The molecule has 1 N–H and O–H groups in total. The van der Waals surface area contributed by atoms with Gasteiger partial charge >= 0.3 is 0 Å². The fourth-order valence-corrected chi connectivity index (χ4v) is 6.62. The van der Waals surface area contributed by atoms with Gasteiger partial charge < -0.3 is 10.2 Å². The van der Waals surface area contributed by atoms with Gasteiger partial charge in [0.25, 0.3) is 10.0 Å². The number of aryl methyl sites for hydroxylation is 1. The smallest absolute Gasteiger partial charge is 0.264 e. The van der Waals surface area contributed by atoms with Crippen LogP contribution in [0.25, 0.3) is 0 Å². The molecule has 0 saturated heterocycles. The van der Waals surface area contributed by atoms with Crippen LogP contribution in [0.3, 0.4) is 0 Å². The minimum absolute atomic E-state index is 0.0333. The fourth-order valence-electron chi connectivity index (χ4n) is 4.76. The van der Waals surface area contributed by atoms with Crippen LogP contribution in [0.2, 0.25) is 10.0 Å². The number of likely N-dealkylation sites (N-methyl/N-ethyl adjacent to an activating group) is 1. The molecule has 0 heterocycles. The second kappa shape index (κ2) is 14.6. The second-order valence-corrected chi connectivity index (χ2v) is 12.7. The lowest BCUT2D eigenvalue weighted by Gasteiger charge is -2.34. The van der Waals surface area contributed by atoms with Crippen LogP contribution < -0.4 is 9.62 Å². The first-order valence-electron chi connectivity index (χ1n) is 13.8. The third kappa shape index (κ3) is 8.16. The molecule has 7 nitrogen and oxygen atoms in total. The van der Waals surface area contributed by atoms with Crippen molar-refractivity contribution in [2.24, 2.45) is 0 Å². The molecule has 0 aliphatic heterocycles.